The Bertz CT molecular complexity index is 547. The molecular formula is C15H19BrN2O2. The zero-order valence-corrected chi connectivity index (χ0v) is 13.3. The number of ether oxygens (including phenoxy) is 1. The van der Waals surface area contributed by atoms with E-state index in [1.165, 1.54) is 6.42 Å². The molecule has 0 saturated carbocycles. The maximum Gasteiger partial charge on any atom is 0.229 e. The van der Waals surface area contributed by atoms with Crippen LogP contribution in [0.4, 0.5) is 5.69 Å². The Hall–Kier alpha value is -1.07. The van der Waals surface area contributed by atoms with Crippen molar-refractivity contribution >= 4 is 27.5 Å². The molecule has 0 aromatic heterocycles. The maximum atomic E-state index is 12.5. The summed E-state index contributed by atoms with van der Waals surface area (Å²) in [4.78, 5) is 12.5. The lowest BCUT2D eigenvalue weighted by atomic mass is 9.88. The van der Waals surface area contributed by atoms with Crippen LogP contribution in [0.25, 0.3) is 0 Å². The lowest BCUT2D eigenvalue weighted by Gasteiger charge is -2.21. The van der Waals surface area contributed by atoms with Gasteiger partial charge in [-0.15, -0.1) is 0 Å². The molecule has 4 nitrogen and oxygen atoms in total. The third-order valence-electron chi connectivity index (χ3n) is 4.37. The van der Waals surface area contributed by atoms with Crippen LogP contribution in [0.3, 0.4) is 0 Å². The summed E-state index contributed by atoms with van der Waals surface area (Å²) in [6, 6.07) is 4.74. The number of hydrogen-bond acceptors (Lipinski definition) is 3. The van der Waals surface area contributed by atoms with Crippen LogP contribution in [0.5, 0.6) is 5.75 Å². The first-order chi connectivity index (χ1) is 9.58. The summed E-state index contributed by atoms with van der Waals surface area (Å²) < 4.78 is 6.32. The first kappa shape index (κ1) is 13.9. The molecule has 1 amide bonds. The maximum absolute atomic E-state index is 12.5. The van der Waals surface area contributed by atoms with Crippen LogP contribution in [-0.2, 0) is 4.79 Å². The second kappa shape index (κ2) is 5.37. The fraction of sp³-hybridized carbons (Fsp3) is 0.533. The number of carbonyl (C=O) groups is 1. The summed E-state index contributed by atoms with van der Waals surface area (Å²) in [5.74, 6) is 0.885. The molecule has 0 radical (unpaired) electrons. The van der Waals surface area contributed by atoms with Crippen LogP contribution < -0.4 is 15.4 Å². The quantitative estimate of drug-likeness (QED) is 0.890. The molecule has 2 bridgehead atoms. The molecule has 3 unspecified atom stereocenters. The van der Waals surface area contributed by atoms with Crippen molar-refractivity contribution in [2.75, 3.05) is 12.4 Å². The highest BCUT2D eigenvalue weighted by molar-refractivity contribution is 9.10. The van der Waals surface area contributed by atoms with Gasteiger partial charge in [-0.1, -0.05) is 15.9 Å². The number of benzene rings is 1. The van der Waals surface area contributed by atoms with Gasteiger partial charge in [-0.2, -0.15) is 0 Å². The van der Waals surface area contributed by atoms with Gasteiger partial charge in [0.2, 0.25) is 5.91 Å². The number of anilines is 1. The number of rotatable bonds is 3. The van der Waals surface area contributed by atoms with Crippen molar-refractivity contribution in [1.82, 2.24) is 5.32 Å². The predicted octanol–water partition coefficient (Wildman–Crippen LogP) is 2.85. The number of methoxy groups -OCH3 is 1. The average Bonchev–Trinajstić information content (AvgIpc) is 3.03. The fourth-order valence-corrected chi connectivity index (χ4v) is 3.91. The van der Waals surface area contributed by atoms with Gasteiger partial charge in [-0.3, -0.25) is 4.79 Å². The van der Waals surface area contributed by atoms with Crippen LogP contribution in [0.15, 0.2) is 16.6 Å². The minimum absolute atomic E-state index is 0.0847. The van der Waals surface area contributed by atoms with E-state index < -0.39 is 0 Å². The van der Waals surface area contributed by atoms with Crippen LogP contribution in [0.2, 0.25) is 0 Å². The Morgan fingerprint density at radius 3 is 2.85 bits per heavy atom. The van der Waals surface area contributed by atoms with E-state index in [-0.39, 0.29) is 11.8 Å². The Kier molecular flexibility index (Phi) is 3.73. The number of amides is 1. The number of carbonyl (C=O) groups excluding carboxylic acids is 1. The van der Waals surface area contributed by atoms with E-state index >= 15 is 0 Å². The minimum atomic E-state index is 0.0847. The van der Waals surface area contributed by atoms with Crippen molar-refractivity contribution < 1.29 is 9.53 Å². The highest BCUT2D eigenvalue weighted by Gasteiger charge is 2.42. The van der Waals surface area contributed by atoms with Gasteiger partial charge in [0.1, 0.15) is 5.75 Å². The molecule has 2 fully saturated rings. The topological polar surface area (TPSA) is 50.4 Å². The van der Waals surface area contributed by atoms with Gasteiger partial charge in [-0.05, 0) is 43.9 Å². The predicted molar refractivity (Wildman–Crippen MR) is 82.1 cm³/mol. The lowest BCUT2D eigenvalue weighted by Crippen LogP contribution is -2.33. The number of nitrogens with one attached hydrogen (secondary N) is 2. The monoisotopic (exact) mass is 338 g/mol. The standard InChI is InChI=1S/C15H19BrN2O2/c1-8-5-9(16)6-13(20-2)14(8)18-15(19)11-7-10-3-4-12(11)17-10/h5-6,10-12,17H,3-4,7H2,1-2H3,(H,18,19). The van der Waals surface area contributed by atoms with Crippen molar-refractivity contribution in [1.29, 1.82) is 0 Å². The van der Waals surface area contributed by atoms with E-state index in [1.807, 2.05) is 19.1 Å². The van der Waals surface area contributed by atoms with Gasteiger partial charge in [-0.25, -0.2) is 0 Å². The second-order valence-electron chi connectivity index (χ2n) is 5.68. The van der Waals surface area contributed by atoms with Crippen molar-refractivity contribution in [2.45, 2.75) is 38.3 Å². The summed E-state index contributed by atoms with van der Waals surface area (Å²) in [6.07, 6.45) is 3.27. The Morgan fingerprint density at radius 1 is 1.45 bits per heavy atom. The molecule has 2 aliphatic heterocycles. The van der Waals surface area contributed by atoms with E-state index in [9.17, 15) is 4.79 Å². The van der Waals surface area contributed by atoms with E-state index in [1.54, 1.807) is 7.11 Å². The zero-order valence-electron chi connectivity index (χ0n) is 11.7. The largest absolute Gasteiger partial charge is 0.495 e. The number of halogens is 1. The molecule has 5 heteroatoms. The van der Waals surface area contributed by atoms with Crippen molar-refractivity contribution in [2.24, 2.45) is 5.92 Å². The van der Waals surface area contributed by atoms with E-state index in [0.717, 1.165) is 28.6 Å². The number of fused-ring (bicyclic) bond motifs is 2. The number of hydrogen-bond donors (Lipinski definition) is 2. The average molecular weight is 339 g/mol. The summed E-state index contributed by atoms with van der Waals surface area (Å²) in [7, 11) is 1.62. The van der Waals surface area contributed by atoms with Crippen LogP contribution in [0, 0.1) is 12.8 Å². The van der Waals surface area contributed by atoms with Gasteiger partial charge >= 0.3 is 0 Å². The molecule has 2 saturated heterocycles. The van der Waals surface area contributed by atoms with Gasteiger partial charge in [0.15, 0.2) is 0 Å². The Labute approximate surface area is 127 Å². The molecule has 3 rings (SSSR count). The minimum Gasteiger partial charge on any atom is -0.495 e. The van der Waals surface area contributed by atoms with E-state index in [0.29, 0.717) is 17.8 Å². The van der Waals surface area contributed by atoms with E-state index in [4.69, 9.17) is 4.74 Å². The van der Waals surface area contributed by atoms with Crippen molar-refractivity contribution in [3.63, 3.8) is 0 Å². The molecule has 2 N–H and O–H groups in total. The molecule has 0 spiro atoms. The van der Waals surface area contributed by atoms with Crippen LogP contribution >= 0.6 is 15.9 Å². The first-order valence-electron chi connectivity index (χ1n) is 6.99. The highest BCUT2D eigenvalue weighted by Crippen LogP contribution is 2.36. The zero-order chi connectivity index (χ0) is 14.3. The van der Waals surface area contributed by atoms with Gasteiger partial charge in [0.25, 0.3) is 0 Å². The summed E-state index contributed by atoms with van der Waals surface area (Å²) in [6.45, 7) is 1.97. The first-order valence-corrected chi connectivity index (χ1v) is 7.79. The molecular weight excluding hydrogens is 320 g/mol. The van der Waals surface area contributed by atoms with E-state index in [2.05, 4.69) is 26.6 Å². The molecule has 1 aromatic carbocycles. The summed E-state index contributed by atoms with van der Waals surface area (Å²) >= 11 is 3.44. The molecule has 0 aliphatic carbocycles. The Morgan fingerprint density at radius 2 is 2.25 bits per heavy atom. The van der Waals surface area contributed by atoms with Gasteiger partial charge in [0.05, 0.1) is 18.7 Å². The third-order valence-corrected chi connectivity index (χ3v) is 4.83. The highest BCUT2D eigenvalue weighted by atomic mass is 79.9. The second-order valence-corrected chi connectivity index (χ2v) is 6.59. The van der Waals surface area contributed by atoms with Crippen molar-refractivity contribution in [3.05, 3.63) is 22.2 Å². The smallest absolute Gasteiger partial charge is 0.229 e. The third kappa shape index (κ3) is 2.44. The van der Waals surface area contributed by atoms with Crippen LogP contribution in [0.1, 0.15) is 24.8 Å². The molecule has 2 aliphatic rings. The summed E-state index contributed by atoms with van der Waals surface area (Å²) in [5, 5.41) is 6.56. The lowest BCUT2D eigenvalue weighted by molar-refractivity contribution is -0.120. The van der Waals surface area contributed by atoms with Gasteiger partial charge < -0.3 is 15.4 Å². The fourth-order valence-electron chi connectivity index (χ4n) is 3.36. The van der Waals surface area contributed by atoms with Crippen molar-refractivity contribution in [3.8, 4) is 5.75 Å². The summed E-state index contributed by atoms with van der Waals surface area (Å²) in [5.41, 5.74) is 1.78. The van der Waals surface area contributed by atoms with Crippen LogP contribution in [-0.4, -0.2) is 25.1 Å². The normalized spacial score (nSPS) is 27.6. The number of aryl methyl sites for hydroxylation is 1. The van der Waals surface area contributed by atoms with Gasteiger partial charge in [0, 0.05) is 16.6 Å². The molecule has 2 heterocycles. The molecule has 20 heavy (non-hydrogen) atoms. The Balaban J connectivity index is 1.79. The SMILES string of the molecule is COc1cc(Br)cc(C)c1NC(=O)C1CC2CCC1N2. The molecule has 3 atom stereocenters. The molecule has 1 aromatic rings. The molecule has 108 valence electrons.